The van der Waals surface area contributed by atoms with E-state index in [1.165, 1.54) is 0 Å². The average Bonchev–Trinajstić information content (AvgIpc) is 1.80. The highest BCUT2D eigenvalue weighted by Gasteiger charge is 2.15. The second-order valence-electron chi connectivity index (χ2n) is 3.52. The topological polar surface area (TPSA) is 38.3 Å². The van der Waals surface area contributed by atoms with E-state index in [-0.39, 0.29) is 5.97 Å². The molecule has 0 rings (SSSR count). The highest BCUT2D eigenvalue weighted by atomic mass is 28.3. The summed E-state index contributed by atoms with van der Waals surface area (Å²) in [7, 11) is -1.50. The van der Waals surface area contributed by atoms with Gasteiger partial charge in [0.2, 0.25) is 0 Å². The first-order valence-corrected chi connectivity index (χ1v) is 6.97. The van der Waals surface area contributed by atoms with Gasteiger partial charge in [0, 0.05) is 5.57 Å². The lowest BCUT2D eigenvalue weighted by molar-refractivity contribution is -0.142. The van der Waals surface area contributed by atoms with Gasteiger partial charge in [0.05, 0.1) is 0 Å². The van der Waals surface area contributed by atoms with Crippen LogP contribution in [0, 0.1) is 0 Å². The minimum atomic E-state index is -1.50. The third-order valence-electron chi connectivity index (χ3n) is 0.798. The standard InChI is InChI=1S/C7H15NO2Si/c1-6(2)7(9)10-8-11(3,4)5/h8H,1H2,2-5H3. The van der Waals surface area contributed by atoms with E-state index in [0.29, 0.717) is 5.57 Å². The Kier molecular flexibility index (Phi) is 3.48. The summed E-state index contributed by atoms with van der Waals surface area (Å²) in [5, 5.41) is 2.73. The Hall–Kier alpha value is -0.613. The summed E-state index contributed by atoms with van der Waals surface area (Å²) >= 11 is 0. The first kappa shape index (κ1) is 10.4. The minimum Gasteiger partial charge on any atom is -0.375 e. The van der Waals surface area contributed by atoms with Crippen molar-refractivity contribution < 1.29 is 9.63 Å². The molecule has 0 aromatic rings. The van der Waals surface area contributed by atoms with Gasteiger partial charge in [-0.05, 0) is 6.92 Å². The van der Waals surface area contributed by atoms with Crippen LogP contribution in [-0.4, -0.2) is 14.2 Å². The summed E-state index contributed by atoms with van der Waals surface area (Å²) in [6.07, 6.45) is 0. The third-order valence-corrected chi connectivity index (χ3v) is 1.51. The van der Waals surface area contributed by atoms with E-state index >= 15 is 0 Å². The van der Waals surface area contributed by atoms with Crippen molar-refractivity contribution in [1.82, 2.24) is 5.15 Å². The zero-order chi connectivity index (χ0) is 9.07. The Bertz CT molecular complexity index is 172. The molecule has 0 aliphatic carbocycles. The number of hydrogen-bond donors (Lipinski definition) is 1. The van der Waals surface area contributed by atoms with Crippen molar-refractivity contribution in [2.45, 2.75) is 26.6 Å². The molecule has 1 N–H and O–H groups in total. The molecule has 0 radical (unpaired) electrons. The van der Waals surface area contributed by atoms with Crippen LogP contribution in [-0.2, 0) is 9.63 Å². The largest absolute Gasteiger partial charge is 0.375 e. The van der Waals surface area contributed by atoms with Crippen LogP contribution in [0.3, 0.4) is 0 Å². The van der Waals surface area contributed by atoms with Crippen LogP contribution in [0.4, 0.5) is 0 Å². The lowest BCUT2D eigenvalue weighted by Crippen LogP contribution is -2.42. The minimum absolute atomic E-state index is 0.382. The molecule has 0 fully saturated rings. The molecule has 0 bridgehead atoms. The van der Waals surface area contributed by atoms with Crippen LogP contribution in [0.5, 0.6) is 0 Å². The summed E-state index contributed by atoms with van der Waals surface area (Å²) in [6, 6.07) is 0. The molecule has 11 heavy (non-hydrogen) atoms. The van der Waals surface area contributed by atoms with Crippen LogP contribution in [0.2, 0.25) is 19.6 Å². The Balaban J connectivity index is 3.73. The highest BCUT2D eigenvalue weighted by molar-refractivity contribution is 6.73. The summed E-state index contributed by atoms with van der Waals surface area (Å²) in [4.78, 5) is 15.6. The van der Waals surface area contributed by atoms with Gasteiger partial charge in [0.1, 0.15) is 0 Å². The molecule has 0 aromatic carbocycles. The molecule has 0 heterocycles. The molecule has 64 valence electrons. The van der Waals surface area contributed by atoms with Gasteiger partial charge in [-0.2, -0.15) is 5.15 Å². The van der Waals surface area contributed by atoms with Crippen molar-refractivity contribution >= 4 is 14.2 Å². The predicted octanol–water partition coefficient (Wildman–Crippen LogP) is 1.45. The second-order valence-corrected chi connectivity index (χ2v) is 8.23. The van der Waals surface area contributed by atoms with Gasteiger partial charge in [0.15, 0.2) is 8.24 Å². The van der Waals surface area contributed by atoms with Crippen LogP contribution in [0.15, 0.2) is 12.2 Å². The first-order valence-electron chi connectivity index (χ1n) is 3.47. The Morgan fingerprint density at radius 1 is 1.45 bits per heavy atom. The molecule has 0 amide bonds. The zero-order valence-electron chi connectivity index (χ0n) is 7.52. The van der Waals surface area contributed by atoms with Crippen molar-refractivity contribution in [3.05, 3.63) is 12.2 Å². The fourth-order valence-electron chi connectivity index (χ4n) is 0.287. The van der Waals surface area contributed by atoms with E-state index in [2.05, 4.69) is 11.7 Å². The monoisotopic (exact) mass is 173 g/mol. The Morgan fingerprint density at radius 2 is 1.91 bits per heavy atom. The van der Waals surface area contributed by atoms with Gasteiger partial charge in [0.25, 0.3) is 0 Å². The third kappa shape index (κ3) is 5.81. The van der Waals surface area contributed by atoms with E-state index in [4.69, 9.17) is 4.84 Å². The van der Waals surface area contributed by atoms with Crippen LogP contribution in [0.1, 0.15) is 6.92 Å². The van der Waals surface area contributed by atoms with Crippen molar-refractivity contribution in [1.29, 1.82) is 0 Å². The molecule has 0 aliphatic rings. The maximum absolute atomic E-state index is 10.8. The van der Waals surface area contributed by atoms with Crippen molar-refractivity contribution in [3.8, 4) is 0 Å². The number of hydrogen-bond acceptors (Lipinski definition) is 3. The number of nitrogens with one attached hydrogen (secondary N) is 1. The molecule has 0 saturated carbocycles. The molecule has 0 aromatic heterocycles. The van der Waals surface area contributed by atoms with Gasteiger partial charge in [-0.15, -0.1) is 0 Å². The van der Waals surface area contributed by atoms with Crippen LogP contribution in [0.25, 0.3) is 0 Å². The summed E-state index contributed by atoms with van der Waals surface area (Å²) in [5.41, 5.74) is 0.413. The molecule has 0 saturated heterocycles. The van der Waals surface area contributed by atoms with Gasteiger partial charge in [-0.25, -0.2) is 4.79 Å². The maximum atomic E-state index is 10.8. The van der Waals surface area contributed by atoms with Gasteiger partial charge in [-0.1, -0.05) is 26.2 Å². The Labute approximate surface area is 68.5 Å². The number of carbonyl (C=O) groups excluding carboxylic acids is 1. The van der Waals surface area contributed by atoms with Gasteiger partial charge >= 0.3 is 5.97 Å². The fraction of sp³-hybridized carbons (Fsp3) is 0.571. The molecule has 0 atom stereocenters. The number of carbonyl (C=O) groups is 1. The Morgan fingerprint density at radius 3 is 2.18 bits per heavy atom. The smallest absolute Gasteiger partial charge is 0.351 e. The molecular weight excluding hydrogens is 158 g/mol. The summed E-state index contributed by atoms with van der Waals surface area (Å²) in [6.45, 7) is 11.2. The van der Waals surface area contributed by atoms with Gasteiger partial charge in [-0.3, -0.25) is 0 Å². The lowest BCUT2D eigenvalue weighted by Gasteiger charge is -2.16. The fourth-order valence-corrected chi connectivity index (χ4v) is 0.685. The van der Waals surface area contributed by atoms with E-state index in [1.807, 2.05) is 19.6 Å². The highest BCUT2D eigenvalue weighted by Crippen LogP contribution is 1.96. The van der Waals surface area contributed by atoms with E-state index in [1.54, 1.807) is 6.92 Å². The molecule has 0 unspecified atom stereocenters. The van der Waals surface area contributed by atoms with Crippen molar-refractivity contribution in [3.63, 3.8) is 0 Å². The van der Waals surface area contributed by atoms with Crippen molar-refractivity contribution in [2.24, 2.45) is 0 Å². The number of rotatable bonds is 3. The summed E-state index contributed by atoms with van der Waals surface area (Å²) in [5.74, 6) is -0.382. The SMILES string of the molecule is C=C(C)C(=O)ON[Si](C)(C)C. The predicted molar refractivity (Wildman–Crippen MR) is 47.4 cm³/mol. The molecule has 4 heteroatoms. The molecule has 0 spiro atoms. The maximum Gasteiger partial charge on any atom is 0.351 e. The normalized spacial score (nSPS) is 10.9. The molecule has 0 aliphatic heterocycles. The van der Waals surface area contributed by atoms with Gasteiger partial charge < -0.3 is 4.84 Å². The quantitative estimate of drug-likeness (QED) is 0.399. The van der Waals surface area contributed by atoms with E-state index in [9.17, 15) is 4.79 Å². The van der Waals surface area contributed by atoms with E-state index in [0.717, 1.165) is 0 Å². The first-order chi connectivity index (χ1) is 4.83. The molecular formula is C7H15NO2Si. The zero-order valence-corrected chi connectivity index (χ0v) is 8.52. The van der Waals surface area contributed by atoms with Crippen LogP contribution >= 0.6 is 0 Å². The second kappa shape index (κ2) is 3.68. The van der Waals surface area contributed by atoms with Crippen molar-refractivity contribution in [2.75, 3.05) is 0 Å². The summed E-state index contributed by atoms with van der Waals surface area (Å²) < 4.78 is 0. The average molecular weight is 173 g/mol. The van der Waals surface area contributed by atoms with Crippen LogP contribution < -0.4 is 5.15 Å². The molecule has 3 nitrogen and oxygen atoms in total. The lowest BCUT2D eigenvalue weighted by atomic mass is 10.4. The van der Waals surface area contributed by atoms with E-state index < -0.39 is 8.24 Å².